The maximum atomic E-state index is 12.5. The molecule has 1 aromatic heterocycles. The monoisotopic (exact) mass is 198 g/mol. The summed E-state index contributed by atoms with van der Waals surface area (Å²) in [6, 6.07) is 1.32. The summed E-state index contributed by atoms with van der Waals surface area (Å²) in [5.74, 6) is 0. The van der Waals surface area contributed by atoms with Crippen LogP contribution in [-0.4, -0.2) is 30.5 Å². The van der Waals surface area contributed by atoms with Gasteiger partial charge in [-0.05, 0) is 31.6 Å². The van der Waals surface area contributed by atoms with Crippen LogP contribution in [0.1, 0.15) is 11.1 Å². The van der Waals surface area contributed by atoms with Gasteiger partial charge in [0.1, 0.15) is 6.67 Å². The van der Waals surface area contributed by atoms with Crippen LogP contribution in [0.25, 0.3) is 0 Å². The molecule has 1 rings (SSSR count). The Morgan fingerprint density at radius 3 is 2.71 bits per heavy atom. The number of hydrogen-bond donors (Lipinski definition) is 1. The molecule has 0 radical (unpaired) electrons. The van der Waals surface area contributed by atoms with Crippen LogP contribution in [0.5, 0.6) is 0 Å². The summed E-state index contributed by atoms with van der Waals surface area (Å²) in [7, 11) is 3.92. The summed E-state index contributed by atoms with van der Waals surface area (Å²) < 4.78 is 12.5. The first kappa shape index (κ1) is 10.9. The molecule has 0 aliphatic heterocycles. The minimum Gasteiger partial charge on any atom is -0.329 e. The van der Waals surface area contributed by atoms with Crippen molar-refractivity contribution in [2.24, 2.45) is 0 Å². The third-order valence-electron chi connectivity index (χ3n) is 2.08. The number of nitrogens with zero attached hydrogens (tertiary/aromatic N) is 1. The minimum absolute atomic E-state index is 0.244. The number of pyridine rings is 1. The molecule has 0 spiro atoms. The van der Waals surface area contributed by atoms with Crippen molar-refractivity contribution in [3.05, 3.63) is 33.7 Å². The van der Waals surface area contributed by atoms with Crippen molar-refractivity contribution in [2.75, 3.05) is 20.6 Å². The Kier molecular flexibility index (Phi) is 3.83. The highest BCUT2D eigenvalue weighted by Gasteiger charge is 2.03. The summed E-state index contributed by atoms with van der Waals surface area (Å²) in [6.07, 6.45) is 2.35. The zero-order valence-electron chi connectivity index (χ0n) is 8.51. The van der Waals surface area contributed by atoms with E-state index in [-0.39, 0.29) is 5.56 Å². The number of nitrogens with one attached hydrogen (secondary N) is 1. The van der Waals surface area contributed by atoms with E-state index in [2.05, 4.69) is 4.98 Å². The first-order chi connectivity index (χ1) is 6.63. The van der Waals surface area contributed by atoms with Crippen LogP contribution in [0.4, 0.5) is 4.39 Å². The molecule has 4 heteroatoms. The van der Waals surface area contributed by atoms with Gasteiger partial charge in [0, 0.05) is 18.8 Å². The minimum atomic E-state index is -0.577. The predicted octanol–water partition coefficient (Wildman–Crippen LogP) is 0.948. The molecule has 1 N–H and O–H groups in total. The molecule has 0 amide bonds. The van der Waals surface area contributed by atoms with Crippen molar-refractivity contribution in [1.29, 1.82) is 0 Å². The summed E-state index contributed by atoms with van der Waals surface area (Å²) in [5, 5.41) is 0. The average Bonchev–Trinajstić information content (AvgIpc) is 2.15. The molecule has 0 bridgehead atoms. The van der Waals surface area contributed by atoms with Gasteiger partial charge in [0.05, 0.1) is 0 Å². The van der Waals surface area contributed by atoms with Gasteiger partial charge in [-0.25, -0.2) is 4.39 Å². The number of rotatable bonds is 4. The zero-order chi connectivity index (χ0) is 10.6. The number of alkyl halides is 1. The van der Waals surface area contributed by atoms with Crippen molar-refractivity contribution in [1.82, 2.24) is 9.88 Å². The number of likely N-dealkylation sites (N-methyl/N-ethyl adjacent to an activating group) is 1. The van der Waals surface area contributed by atoms with E-state index in [0.717, 1.165) is 18.5 Å². The van der Waals surface area contributed by atoms with Crippen molar-refractivity contribution < 1.29 is 4.39 Å². The largest absolute Gasteiger partial charge is 0.329 e. The van der Waals surface area contributed by atoms with Crippen LogP contribution >= 0.6 is 0 Å². The van der Waals surface area contributed by atoms with Crippen molar-refractivity contribution in [2.45, 2.75) is 13.1 Å². The molecule has 0 fully saturated rings. The van der Waals surface area contributed by atoms with Crippen LogP contribution in [-0.2, 0) is 13.1 Å². The van der Waals surface area contributed by atoms with E-state index in [4.69, 9.17) is 0 Å². The molecule has 1 heterocycles. The van der Waals surface area contributed by atoms with Crippen LogP contribution in [0, 0.1) is 0 Å². The fourth-order valence-electron chi connectivity index (χ4n) is 1.24. The molecule has 3 nitrogen and oxygen atoms in total. The molecular weight excluding hydrogens is 183 g/mol. The zero-order valence-corrected chi connectivity index (χ0v) is 8.51. The first-order valence-electron chi connectivity index (χ1n) is 4.54. The molecule has 0 aromatic carbocycles. The molecule has 1 aromatic rings. The number of halogens is 1. The lowest BCUT2D eigenvalue weighted by Gasteiger charge is -2.10. The van der Waals surface area contributed by atoms with Crippen molar-refractivity contribution >= 4 is 0 Å². The summed E-state index contributed by atoms with van der Waals surface area (Å²) in [6.45, 7) is 0.270. The van der Waals surface area contributed by atoms with Crippen LogP contribution in [0.2, 0.25) is 0 Å². The lowest BCUT2D eigenvalue weighted by Crippen LogP contribution is -2.17. The fraction of sp³-hybridized carbons (Fsp3) is 0.500. The summed E-state index contributed by atoms with van der Waals surface area (Å²) in [4.78, 5) is 15.5. The Balaban J connectivity index is 2.80. The van der Waals surface area contributed by atoms with Crippen molar-refractivity contribution in [3.63, 3.8) is 0 Å². The highest BCUT2D eigenvalue weighted by Crippen LogP contribution is 2.07. The standard InChI is InChI=1S/C10H15FN2O/c1-13(2)4-3-8-7-12-10(14)5-9(8)6-11/h5,7H,3-4,6H2,1-2H3,(H,12,14). The normalized spacial score (nSPS) is 10.9. The van der Waals surface area contributed by atoms with Gasteiger partial charge in [-0.3, -0.25) is 4.79 Å². The molecule has 0 aliphatic rings. The molecule has 0 saturated heterocycles. The van der Waals surface area contributed by atoms with E-state index in [0.29, 0.717) is 5.56 Å². The lowest BCUT2D eigenvalue weighted by atomic mass is 10.1. The topological polar surface area (TPSA) is 36.1 Å². The second kappa shape index (κ2) is 4.91. The molecular formula is C10H15FN2O. The SMILES string of the molecule is CN(C)CCc1c[nH]c(=O)cc1CF. The van der Waals surface area contributed by atoms with E-state index >= 15 is 0 Å². The number of aromatic amines is 1. The highest BCUT2D eigenvalue weighted by atomic mass is 19.1. The van der Waals surface area contributed by atoms with Crippen molar-refractivity contribution in [3.8, 4) is 0 Å². The second-order valence-electron chi connectivity index (χ2n) is 3.53. The average molecular weight is 198 g/mol. The van der Waals surface area contributed by atoms with E-state index in [1.165, 1.54) is 6.07 Å². The Hall–Kier alpha value is -1.16. The molecule has 0 saturated carbocycles. The Morgan fingerprint density at radius 2 is 2.14 bits per heavy atom. The van der Waals surface area contributed by atoms with E-state index in [1.807, 2.05) is 19.0 Å². The number of H-pyrrole nitrogens is 1. The number of hydrogen-bond acceptors (Lipinski definition) is 2. The van der Waals surface area contributed by atoms with Crippen LogP contribution in [0.3, 0.4) is 0 Å². The molecule has 0 atom stereocenters. The van der Waals surface area contributed by atoms with E-state index in [9.17, 15) is 9.18 Å². The van der Waals surface area contributed by atoms with E-state index < -0.39 is 6.67 Å². The number of aromatic nitrogens is 1. The summed E-state index contributed by atoms with van der Waals surface area (Å²) >= 11 is 0. The van der Waals surface area contributed by atoms with Gasteiger partial charge in [0.2, 0.25) is 5.56 Å². The second-order valence-corrected chi connectivity index (χ2v) is 3.53. The molecule has 0 aliphatic carbocycles. The van der Waals surface area contributed by atoms with Gasteiger partial charge < -0.3 is 9.88 Å². The third kappa shape index (κ3) is 2.96. The maximum Gasteiger partial charge on any atom is 0.248 e. The molecule has 78 valence electrons. The van der Waals surface area contributed by atoms with E-state index in [1.54, 1.807) is 6.20 Å². The lowest BCUT2D eigenvalue weighted by molar-refractivity contribution is 0.410. The van der Waals surface area contributed by atoms with Gasteiger partial charge >= 0.3 is 0 Å². The Labute approximate surface area is 82.6 Å². The molecule has 0 unspecified atom stereocenters. The fourth-order valence-corrected chi connectivity index (χ4v) is 1.24. The smallest absolute Gasteiger partial charge is 0.248 e. The third-order valence-corrected chi connectivity index (χ3v) is 2.08. The predicted molar refractivity (Wildman–Crippen MR) is 54.1 cm³/mol. The van der Waals surface area contributed by atoms with Gasteiger partial charge in [0.15, 0.2) is 0 Å². The quantitative estimate of drug-likeness (QED) is 0.782. The van der Waals surface area contributed by atoms with Gasteiger partial charge in [0.25, 0.3) is 0 Å². The van der Waals surface area contributed by atoms with Gasteiger partial charge in [-0.1, -0.05) is 0 Å². The highest BCUT2D eigenvalue weighted by molar-refractivity contribution is 5.22. The van der Waals surface area contributed by atoms with Gasteiger partial charge in [-0.15, -0.1) is 0 Å². The Bertz CT molecular complexity index is 346. The molecule has 14 heavy (non-hydrogen) atoms. The van der Waals surface area contributed by atoms with Gasteiger partial charge in [-0.2, -0.15) is 0 Å². The van der Waals surface area contributed by atoms with Crippen LogP contribution < -0.4 is 5.56 Å². The maximum absolute atomic E-state index is 12.5. The Morgan fingerprint density at radius 1 is 1.43 bits per heavy atom. The summed E-state index contributed by atoms with van der Waals surface area (Å²) in [5.41, 5.74) is 1.13. The van der Waals surface area contributed by atoms with Crippen LogP contribution in [0.15, 0.2) is 17.1 Å². The first-order valence-corrected chi connectivity index (χ1v) is 4.54.